The zero-order valence-corrected chi connectivity index (χ0v) is 14.2. The van der Waals surface area contributed by atoms with E-state index in [1.807, 2.05) is 30.3 Å². The highest BCUT2D eigenvalue weighted by atomic mass is 32.1. The highest BCUT2D eigenvalue weighted by Crippen LogP contribution is 2.37. The Morgan fingerprint density at radius 2 is 1.92 bits per heavy atom. The maximum absolute atomic E-state index is 10.4. The van der Waals surface area contributed by atoms with Crippen LogP contribution in [0, 0.1) is 0 Å². The minimum Gasteiger partial charge on any atom is -0.507 e. The third kappa shape index (κ3) is 3.67. The molecule has 0 fully saturated rings. The quantitative estimate of drug-likeness (QED) is 0.621. The molecule has 4 N–H and O–H groups in total. The first-order valence-electron chi connectivity index (χ1n) is 7.45. The van der Waals surface area contributed by atoms with Crippen molar-refractivity contribution in [3.63, 3.8) is 0 Å². The van der Waals surface area contributed by atoms with E-state index in [-0.39, 0.29) is 16.8 Å². The summed E-state index contributed by atoms with van der Waals surface area (Å²) < 4.78 is 5.14. The number of phenolic OH excluding ortho intramolecular Hbond substituents is 1. The van der Waals surface area contributed by atoms with Crippen molar-refractivity contribution in [1.82, 2.24) is 9.97 Å². The molecule has 6 nitrogen and oxygen atoms in total. The number of aromatic hydroxyl groups is 1. The van der Waals surface area contributed by atoms with Gasteiger partial charge < -0.3 is 20.9 Å². The van der Waals surface area contributed by atoms with Crippen LogP contribution in [0.4, 0.5) is 5.95 Å². The summed E-state index contributed by atoms with van der Waals surface area (Å²) in [6, 6.07) is 14.7. The molecule has 0 aliphatic carbocycles. The maximum Gasteiger partial charge on any atom is 0.229 e. The van der Waals surface area contributed by atoms with Gasteiger partial charge in [0.25, 0.3) is 0 Å². The fraction of sp³-hybridized carbons (Fsp3) is 0.0556. The monoisotopic (exact) mass is 352 g/mol. The van der Waals surface area contributed by atoms with E-state index < -0.39 is 0 Å². The molecule has 0 saturated heterocycles. The zero-order valence-electron chi connectivity index (χ0n) is 13.4. The van der Waals surface area contributed by atoms with E-state index >= 15 is 0 Å². The Morgan fingerprint density at radius 1 is 1.16 bits per heavy atom. The van der Waals surface area contributed by atoms with Crippen molar-refractivity contribution in [2.75, 3.05) is 12.4 Å². The van der Waals surface area contributed by atoms with Crippen LogP contribution >= 0.6 is 12.2 Å². The average Bonchev–Trinajstić information content (AvgIpc) is 2.62. The molecule has 0 bridgehead atoms. The van der Waals surface area contributed by atoms with Crippen LogP contribution in [0.15, 0.2) is 54.7 Å². The summed E-state index contributed by atoms with van der Waals surface area (Å²) in [7, 11) is 1.54. The standard InChI is InChI=1S/C18H16N4O2S/c1-24-12-7-8-13(15(23)9-12)16-14(11-5-3-2-4-6-11)10-20-18(21-16)22-17(19)25/h2-10,23H,1H3,(H3,19,20,21,22,25). The SMILES string of the molecule is COc1ccc(-c2nc(NC(N)=S)ncc2-c2ccccc2)c(O)c1. The molecular weight excluding hydrogens is 336 g/mol. The van der Waals surface area contributed by atoms with Crippen molar-refractivity contribution in [2.45, 2.75) is 0 Å². The first-order chi connectivity index (χ1) is 12.1. The van der Waals surface area contributed by atoms with Crippen LogP contribution in [0.1, 0.15) is 0 Å². The summed E-state index contributed by atoms with van der Waals surface area (Å²) in [5.41, 5.74) is 8.31. The van der Waals surface area contributed by atoms with Gasteiger partial charge in [-0.2, -0.15) is 0 Å². The summed E-state index contributed by atoms with van der Waals surface area (Å²) >= 11 is 4.84. The molecule has 126 valence electrons. The first kappa shape index (κ1) is 16.7. The largest absolute Gasteiger partial charge is 0.507 e. The lowest BCUT2D eigenvalue weighted by Crippen LogP contribution is -2.20. The molecule has 1 aromatic heterocycles. The van der Waals surface area contributed by atoms with E-state index in [4.69, 9.17) is 22.7 Å². The summed E-state index contributed by atoms with van der Waals surface area (Å²) in [6.45, 7) is 0. The Kier molecular flexibility index (Phi) is 4.76. The fourth-order valence-corrected chi connectivity index (χ4v) is 2.52. The van der Waals surface area contributed by atoms with Crippen LogP contribution < -0.4 is 15.8 Å². The Morgan fingerprint density at radius 3 is 2.56 bits per heavy atom. The number of thiocarbonyl (C=S) groups is 1. The number of nitrogens with two attached hydrogens (primary N) is 1. The minimum absolute atomic E-state index is 0.0523. The smallest absolute Gasteiger partial charge is 0.229 e. The van der Waals surface area contributed by atoms with E-state index in [0.717, 1.165) is 11.1 Å². The van der Waals surface area contributed by atoms with Crippen molar-refractivity contribution >= 4 is 23.3 Å². The molecule has 1 heterocycles. The highest BCUT2D eigenvalue weighted by Gasteiger charge is 2.15. The molecular formula is C18H16N4O2S. The lowest BCUT2D eigenvalue weighted by molar-refractivity contribution is 0.408. The van der Waals surface area contributed by atoms with Crippen molar-refractivity contribution in [2.24, 2.45) is 5.73 Å². The van der Waals surface area contributed by atoms with Gasteiger partial charge in [0, 0.05) is 23.4 Å². The molecule has 3 rings (SSSR count). The van der Waals surface area contributed by atoms with Gasteiger partial charge in [-0.1, -0.05) is 30.3 Å². The average molecular weight is 352 g/mol. The summed E-state index contributed by atoms with van der Waals surface area (Å²) in [6.07, 6.45) is 1.67. The Balaban J connectivity index is 2.19. The third-order valence-electron chi connectivity index (χ3n) is 3.57. The van der Waals surface area contributed by atoms with Crippen LogP contribution in [0.3, 0.4) is 0 Å². The molecule has 0 aliphatic heterocycles. The predicted molar refractivity (Wildman–Crippen MR) is 102 cm³/mol. The molecule has 0 unspecified atom stereocenters. The fourth-order valence-electron chi connectivity index (χ4n) is 2.43. The van der Waals surface area contributed by atoms with Crippen molar-refractivity contribution in [1.29, 1.82) is 0 Å². The molecule has 25 heavy (non-hydrogen) atoms. The summed E-state index contributed by atoms with van der Waals surface area (Å²) in [4.78, 5) is 8.73. The van der Waals surface area contributed by atoms with E-state index in [2.05, 4.69) is 15.3 Å². The molecule has 2 aromatic carbocycles. The van der Waals surface area contributed by atoms with E-state index in [1.165, 1.54) is 6.07 Å². The maximum atomic E-state index is 10.4. The van der Waals surface area contributed by atoms with Crippen molar-refractivity contribution < 1.29 is 9.84 Å². The molecule has 0 atom stereocenters. The molecule has 0 aliphatic rings. The Hall–Kier alpha value is -3.19. The van der Waals surface area contributed by atoms with Gasteiger partial charge in [-0.15, -0.1) is 0 Å². The van der Waals surface area contributed by atoms with Gasteiger partial charge in [0.05, 0.1) is 12.8 Å². The van der Waals surface area contributed by atoms with Gasteiger partial charge in [-0.05, 0) is 29.9 Å². The number of nitrogens with zero attached hydrogens (tertiary/aromatic N) is 2. The molecule has 0 radical (unpaired) electrons. The topological polar surface area (TPSA) is 93.3 Å². The van der Waals surface area contributed by atoms with Gasteiger partial charge in [0.15, 0.2) is 5.11 Å². The van der Waals surface area contributed by atoms with Gasteiger partial charge in [0.1, 0.15) is 11.5 Å². The number of ether oxygens (including phenoxy) is 1. The van der Waals surface area contributed by atoms with Gasteiger partial charge in [0.2, 0.25) is 5.95 Å². The summed E-state index contributed by atoms with van der Waals surface area (Å²) in [5.74, 6) is 0.868. The second-order valence-corrected chi connectivity index (χ2v) is 5.63. The lowest BCUT2D eigenvalue weighted by atomic mass is 10.00. The molecule has 0 saturated carbocycles. The van der Waals surface area contributed by atoms with Crippen LogP contribution in [0.2, 0.25) is 0 Å². The number of phenols is 1. The van der Waals surface area contributed by atoms with Crippen LogP contribution in [0.25, 0.3) is 22.4 Å². The normalized spacial score (nSPS) is 10.3. The van der Waals surface area contributed by atoms with Crippen LogP contribution in [-0.2, 0) is 0 Å². The van der Waals surface area contributed by atoms with Crippen LogP contribution in [0.5, 0.6) is 11.5 Å². The molecule has 3 aromatic rings. The first-order valence-corrected chi connectivity index (χ1v) is 7.85. The summed E-state index contributed by atoms with van der Waals surface area (Å²) in [5, 5.41) is 13.2. The number of rotatable bonds is 4. The number of nitrogens with one attached hydrogen (secondary N) is 1. The van der Waals surface area contributed by atoms with E-state index in [9.17, 15) is 5.11 Å². The zero-order chi connectivity index (χ0) is 17.8. The Labute approximate surface area is 150 Å². The van der Waals surface area contributed by atoms with Gasteiger partial charge in [-0.3, -0.25) is 0 Å². The number of benzene rings is 2. The minimum atomic E-state index is 0.0523. The molecule has 0 spiro atoms. The number of hydrogen-bond donors (Lipinski definition) is 3. The number of hydrogen-bond acceptors (Lipinski definition) is 5. The van der Waals surface area contributed by atoms with Crippen molar-refractivity contribution in [3.8, 4) is 33.9 Å². The second-order valence-electron chi connectivity index (χ2n) is 5.19. The van der Waals surface area contributed by atoms with Gasteiger partial charge >= 0.3 is 0 Å². The second kappa shape index (κ2) is 7.14. The van der Waals surface area contributed by atoms with E-state index in [1.54, 1.807) is 25.4 Å². The molecule has 7 heteroatoms. The molecule has 0 amide bonds. The van der Waals surface area contributed by atoms with Crippen molar-refractivity contribution in [3.05, 3.63) is 54.7 Å². The predicted octanol–water partition coefficient (Wildman–Crippen LogP) is 3.18. The number of anilines is 1. The Bertz CT molecular complexity index is 916. The van der Waals surface area contributed by atoms with Crippen LogP contribution in [-0.4, -0.2) is 27.3 Å². The number of aromatic nitrogens is 2. The number of methoxy groups -OCH3 is 1. The third-order valence-corrected chi connectivity index (χ3v) is 3.67. The highest BCUT2D eigenvalue weighted by molar-refractivity contribution is 7.80. The van der Waals surface area contributed by atoms with Gasteiger partial charge in [-0.25, -0.2) is 9.97 Å². The lowest BCUT2D eigenvalue weighted by Gasteiger charge is -2.13. The van der Waals surface area contributed by atoms with E-state index in [0.29, 0.717) is 17.0 Å².